The van der Waals surface area contributed by atoms with Gasteiger partial charge in [-0.15, -0.1) is 34.2 Å². The second kappa shape index (κ2) is 11.4. The van der Waals surface area contributed by atoms with E-state index in [1.807, 2.05) is 43.8 Å². The summed E-state index contributed by atoms with van der Waals surface area (Å²) >= 11 is 0. The first-order valence-corrected chi connectivity index (χ1v) is 10.1. The summed E-state index contributed by atoms with van der Waals surface area (Å²) in [6, 6.07) is 6.37. The van der Waals surface area contributed by atoms with Gasteiger partial charge in [-0.2, -0.15) is 0 Å². The largest absolute Gasteiger partial charge is 0.497 e. The minimum Gasteiger partial charge on any atom is -0.497 e. The van der Waals surface area contributed by atoms with Crippen molar-refractivity contribution < 1.29 is 9.47 Å². The van der Waals surface area contributed by atoms with Crippen molar-refractivity contribution in [1.29, 1.82) is 0 Å². The molecule has 0 radical (unpaired) electrons. The Bertz CT molecular complexity index is 848. The fraction of sp³-hybridized carbons (Fsp3) is 0.571. The molecule has 9 heteroatoms. The molecule has 8 nitrogen and oxygen atoms in total. The van der Waals surface area contributed by atoms with Gasteiger partial charge in [-0.1, -0.05) is 12.8 Å². The highest BCUT2D eigenvalue weighted by Crippen LogP contribution is 2.26. The number of halogens is 1. The van der Waals surface area contributed by atoms with Crippen molar-refractivity contribution in [3.8, 4) is 11.5 Å². The summed E-state index contributed by atoms with van der Waals surface area (Å²) in [5, 5.41) is 12.0. The molecule has 30 heavy (non-hydrogen) atoms. The number of rotatable bonds is 7. The molecule has 0 spiro atoms. The molecule has 0 bridgehead atoms. The van der Waals surface area contributed by atoms with Gasteiger partial charge < -0.3 is 24.3 Å². The maximum absolute atomic E-state index is 5.56. The van der Waals surface area contributed by atoms with Crippen molar-refractivity contribution >= 4 is 29.9 Å². The van der Waals surface area contributed by atoms with E-state index in [0.29, 0.717) is 19.1 Å². The number of aromatic nitrogens is 3. The molecule has 1 fully saturated rings. The number of hydrogen-bond donors (Lipinski definition) is 1. The van der Waals surface area contributed by atoms with Crippen molar-refractivity contribution in [1.82, 2.24) is 25.0 Å². The number of hydrogen-bond acceptors (Lipinski definition) is 5. The number of methoxy groups -OCH3 is 2. The van der Waals surface area contributed by atoms with Crippen LogP contribution in [0.3, 0.4) is 0 Å². The Hall–Kier alpha value is -2.04. The molecule has 0 saturated heterocycles. The summed E-state index contributed by atoms with van der Waals surface area (Å²) in [6.45, 7) is 3.10. The van der Waals surface area contributed by atoms with E-state index in [0.717, 1.165) is 34.7 Å². The molecule has 0 unspecified atom stereocenters. The third-order valence-electron chi connectivity index (χ3n) is 5.50. The van der Waals surface area contributed by atoms with Crippen molar-refractivity contribution in [3.05, 3.63) is 35.4 Å². The Balaban J connectivity index is 0.00000320. The lowest BCUT2D eigenvalue weighted by atomic mass is 10.2. The summed E-state index contributed by atoms with van der Waals surface area (Å²) in [6.07, 6.45) is 4.90. The number of ether oxygens (including phenoxy) is 2. The zero-order valence-corrected chi connectivity index (χ0v) is 20.8. The van der Waals surface area contributed by atoms with Crippen molar-refractivity contribution in [3.63, 3.8) is 0 Å². The maximum Gasteiger partial charge on any atom is 0.194 e. The highest BCUT2D eigenvalue weighted by molar-refractivity contribution is 14.0. The smallest absolute Gasteiger partial charge is 0.194 e. The zero-order valence-electron chi connectivity index (χ0n) is 18.5. The van der Waals surface area contributed by atoms with Crippen LogP contribution < -0.4 is 14.8 Å². The Morgan fingerprint density at radius 2 is 1.97 bits per heavy atom. The van der Waals surface area contributed by atoms with E-state index in [4.69, 9.17) is 14.5 Å². The van der Waals surface area contributed by atoms with Gasteiger partial charge in [0.1, 0.15) is 23.9 Å². The van der Waals surface area contributed by atoms with E-state index < -0.39 is 0 Å². The monoisotopic (exact) mass is 528 g/mol. The van der Waals surface area contributed by atoms with Gasteiger partial charge in [-0.25, -0.2) is 4.99 Å². The van der Waals surface area contributed by atoms with Crippen molar-refractivity contribution in [2.75, 3.05) is 21.3 Å². The van der Waals surface area contributed by atoms with Crippen LogP contribution >= 0.6 is 24.0 Å². The highest BCUT2D eigenvalue weighted by Gasteiger charge is 2.19. The third-order valence-corrected chi connectivity index (χ3v) is 5.50. The standard InChI is InChI=1S/C21H32N6O2.HI/c1-15-24-25-20(27(15)3)13-22-21(23-17-8-6-7-9-17)26(2)14-16-10-11-18(28-4)12-19(16)29-5;/h10-12,17H,6-9,13-14H2,1-5H3,(H,22,23);1H. The summed E-state index contributed by atoms with van der Waals surface area (Å²) < 4.78 is 12.8. The van der Waals surface area contributed by atoms with Gasteiger partial charge in [0, 0.05) is 38.3 Å². The fourth-order valence-corrected chi connectivity index (χ4v) is 3.58. The van der Waals surface area contributed by atoms with Crippen LogP contribution in [-0.2, 0) is 20.1 Å². The van der Waals surface area contributed by atoms with Gasteiger partial charge >= 0.3 is 0 Å². The van der Waals surface area contributed by atoms with Crippen LogP contribution in [0.4, 0.5) is 0 Å². The molecule has 166 valence electrons. The maximum atomic E-state index is 5.56. The van der Waals surface area contributed by atoms with Gasteiger partial charge in [0.15, 0.2) is 11.8 Å². The van der Waals surface area contributed by atoms with Crippen LogP contribution in [-0.4, -0.2) is 52.9 Å². The van der Waals surface area contributed by atoms with E-state index >= 15 is 0 Å². The van der Waals surface area contributed by atoms with Crippen LogP contribution in [0.5, 0.6) is 11.5 Å². The minimum atomic E-state index is 0. The number of benzene rings is 1. The lowest BCUT2D eigenvalue weighted by Gasteiger charge is -2.26. The molecule has 0 amide bonds. The first kappa shape index (κ1) is 24.2. The number of nitrogens with one attached hydrogen (secondary N) is 1. The molecule has 1 saturated carbocycles. The lowest BCUT2D eigenvalue weighted by Crippen LogP contribution is -2.43. The van der Waals surface area contributed by atoms with E-state index in [1.165, 1.54) is 25.7 Å². The fourth-order valence-electron chi connectivity index (χ4n) is 3.58. The van der Waals surface area contributed by atoms with Crippen LogP contribution in [0.15, 0.2) is 23.2 Å². The summed E-state index contributed by atoms with van der Waals surface area (Å²) in [4.78, 5) is 6.99. The normalized spacial score (nSPS) is 14.4. The topological polar surface area (TPSA) is 76.8 Å². The molecule has 1 N–H and O–H groups in total. The number of nitrogens with zero attached hydrogens (tertiary/aromatic N) is 5. The number of aryl methyl sites for hydroxylation is 1. The lowest BCUT2D eigenvalue weighted by molar-refractivity contribution is 0.381. The first-order valence-electron chi connectivity index (χ1n) is 10.1. The van der Waals surface area contributed by atoms with E-state index in [2.05, 4.69) is 20.4 Å². The summed E-state index contributed by atoms with van der Waals surface area (Å²) in [7, 11) is 7.36. The zero-order chi connectivity index (χ0) is 20.8. The Morgan fingerprint density at radius 1 is 1.23 bits per heavy atom. The van der Waals surface area contributed by atoms with Gasteiger partial charge in [-0.05, 0) is 31.9 Å². The highest BCUT2D eigenvalue weighted by atomic mass is 127. The Morgan fingerprint density at radius 3 is 2.57 bits per heavy atom. The Kier molecular flexibility index (Phi) is 9.19. The molecular weight excluding hydrogens is 495 g/mol. The van der Waals surface area contributed by atoms with Crippen LogP contribution in [0.2, 0.25) is 0 Å². The first-order chi connectivity index (χ1) is 14.0. The molecule has 2 aromatic rings. The van der Waals surface area contributed by atoms with Crippen molar-refractivity contribution in [2.45, 2.75) is 51.7 Å². The average Bonchev–Trinajstić information content (AvgIpc) is 3.36. The quantitative estimate of drug-likeness (QED) is 0.338. The van der Waals surface area contributed by atoms with Crippen LogP contribution in [0.1, 0.15) is 42.9 Å². The summed E-state index contributed by atoms with van der Waals surface area (Å²) in [5.41, 5.74) is 1.08. The predicted octanol–water partition coefficient (Wildman–Crippen LogP) is 3.28. The van der Waals surface area contributed by atoms with E-state index in [-0.39, 0.29) is 24.0 Å². The van der Waals surface area contributed by atoms with Crippen LogP contribution in [0, 0.1) is 6.92 Å². The molecule has 1 aromatic carbocycles. The Labute approximate surface area is 196 Å². The van der Waals surface area contributed by atoms with E-state index in [1.54, 1.807) is 14.2 Å². The molecule has 0 aliphatic heterocycles. The van der Waals surface area contributed by atoms with Crippen molar-refractivity contribution in [2.24, 2.45) is 12.0 Å². The van der Waals surface area contributed by atoms with Gasteiger partial charge in [0.05, 0.1) is 14.2 Å². The van der Waals surface area contributed by atoms with Gasteiger partial charge in [0.25, 0.3) is 0 Å². The van der Waals surface area contributed by atoms with Gasteiger partial charge in [-0.3, -0.25) is 0 Å². The minimum absolute atomic E-state index is 0. The number of aliphatic imine (C=N–C) groups is 1. The molecular formula is C21H33IN6O2. The third kappa shape index (κ3) is 5.99. The molecule has 1 aliphatic carbocycles. The second-order valence-corrected chi connectivity index (χ2v) is 7.52. The molecule has 1 aliphatic rings. The average molecular weight is 528 g/mol. The molecule has 1 aromatic heterocycles. The molecule has 1 heterocycles. The SMILES string of the molecule is COc1ccc(CN(C)C(=NCc2nnc(C)n2C)NC2CCCC2)c(OC)c1.I. The summed E-state index contributed by atoms with van der Waals surface area (Å²) in [5.74, 6) is 4.19. The number of guanidine groups is 1. The molecule has 3 rings (SSSR count). The van der Waals surface area contributed by atoms with Crippen LogP contribution in [0.25, 0.3) is 0 Å². The predicted molar refractivity (Wildman–Crippen MR) is 129 cm³/mol. The second-order valence-electron chi connectivity index (χ2n) is 7.52. The molecule has 0 atom stereocenters. The van der Waals surface area contributed by atoms with Gasteiger partial charge in [0.2, 0.25) is 0 Å². The van der Waals surface area contributed by atoms with E-state index in [9.17, 15) is 0 Å².